The molecule has 1 amide bonds. The van der Waals surface area contributed by atoms with Crippen LogP contribution in [0.25, 0.3) is 11.1 Å². The molecule has 2 aromatic rings. The zero-order valence-electron chi connectivity index (χ0n) is 11.4. The minimum Gasteiger partial charge on any atom is -0.366 e. The van der Waals surface area contributed by atoms with E-state index in [1.165, 1.54) is 12.1 Å². The van der Waals surface area contributed by atoms with Gasteiger partial charge in [0, 0.05) is 11.1 Å². The van der Waals surface area contributed by atoms with Gasteiger partial charge in [0.15, 0.2) is 0 Å². The third kappa shape index (κ3) is 2.91. The van der Waals surface area contributed by atoms with Crippen molar-refractivity contribution >= 4 is 5.91 Å². The minimum absolute atomic E-state index is 0.120. The molecular formula is C16H14F3NO. The molecule has 0 aliphatic rings. The molecule has 110 valence electrons. The number of carbonyl (C=O) groups is 1. The maximum absolute atomic E-state index is 13.3. The zero-order chi connectivity index (χ0) is 15.6. The highest BCUT2D eigenvalue weighted by molar-refractivity contribution is 6.01. The highest BCUT2D eigenvalue weighted by atomic mass is 19.4. The van der Waals surface area contributed by atoms with Crippen LogP contribution in [0.4, 0.5) is 13.2 Å². The Morgan fingerprint density at radius 3 is 2.33 bits per heavy atom. The molecule has 0 atom stereocenters. The summed E-state index contributed by atoms with van der Waals surface area (Å²) in [6.45, 7) is 1.85. The maximum atomic E-state index is 13.3. The fourth-order valence-electron chi connectivity index (χ4n) is 2.36. The molecule has 0 aliphatic carbocycles. The maximum Gasteiger partial charge on any atom is 0.417 e. The number of halogens is 3. The van der Waals surface area contributed by atoms with Gasteiger partial charge in [-0.3, -0.25) is 4.79 Å². The molecule has 0 aromatic heterocycles. The fourth-order valence-corrected chi connectivity index (χ4v) is 2.36. The summed E-state index contributed by atoms with van der Waals surface area (Å²) >= 11 is 0. The standard InChI is InChI=1S/C16H14F3NO/c1-2-10-6-3-4-7-11(10)14-12(15(20)21)8-5-9-13(14)16(17,18)19/h3-9H,2H2,1H3,(H2,20,21). The van der Waals surface area contributed by atoms with Crippen molar-refractivity contribution in [3.05, 3.63) is 59.2 Å². The molecule has 0 bridgehead atoms. The van der Waals surface area contributed by atoms with Crippen LogP contribution in [0.5, 0.6) is 0 Å². The predicted octanol–water partition coefficient (Wildman–Crippen LogP) is 4.03. The van der Waals surface area contributed by atoms with Gasteiger partial charge in [-0.15, -0.1) is 0 Å². The van der Waals surface area contributed by atoms with Crippen molar-refractivity contribution in [3.8, 4) is 11.1 Å². The van der Waals surface area contributed by atoms with Crippen LogP contribution in [0.3, 0.4) is 0 Å². The lowest BCUT2D eigenvalue weighted by atomic mass is 9.90. The molecule has 2 N–H and O–H groups in total. The Kier molecular flexibility index (Phi) is 4.02. The lowest BCUT2D eigenvalue weighted by Crippen LogP contribution is -2.16. The minimum atomic E-state index is -4.55. The average Bonchev–Trinajstić information content (AvgIpc) is 2.45. The van der Waals surface area contributed by atoms with Crippen molar-refractivity contribution in [2.24, 2.45) is 5.73 Å². The number of hydrogen-bond donors (Lipinski definition) is 1. The number of carbonyl (C=O) groups excluding carboxylic acids is 1. The van der Waals surface area contributed by atoms with Crippen LogP contribution in [0.2, 0.25) is 0 Å². The van der Waals surface area contributed by atoms with E-state index in [0.29, 0.717) is 12.0 Å². The van der Waals surface area contributed by atoms with Gasteiger partial charge in [-0.1, -0.05) is 37.3 Å². The molecule has 0 saturated heterocycles. The molecule has 5 heteroatoms. The third-order valence-electron chi connectivity index (χ3n) is 3.30. The normalized spacial score (nSPS) is 11.4. The number of benzene rings is 2. The molecule has 0 fully saturated rings. The first-order valence-corrected chi connectivity index (χ1v) is 6.44. The average molecular weight is 293 g/mol. The van der Waals surface area contributed by atoms with E-state index in [1.54, 1.807) is 24.3 Å². The molecule has 0 spiro atoms. The summed E-state index contributed by atoms with van der Waals surface area (Å²) in [7, 11) is 0. The number of amides is 1. The number of rotatable bonds is 3. The first-order chi connectivity index (χ1) is 9.86. The summed E-state index contributed by atoms with van der Waals surface area (Å²) in [6.07, 6.45) is -4.00. The Morgan fingerprint density at radius 1 is 1.10 bits per heavy atom. The quantitative estimate of drug-likeness (QED) is 0.912. The summed E-state index contributed by atoms with van der Waals surface area (Å²) in [5, 5.41) is 0. The SMILES string of the molecule is CCc1ccccc1-c1c(C(N)=O)cccc1C(F)(F)F. The van der Waals surface area contributed by atoms with Crippen LogP contribution in [-0.4, -0.2) is 5.91 Å². The Bertz CT molecular complexity index is 677. The van der Waals surface area contributed by atoms with Gasteiger partial charge in [0.25, 0.3) is 0 Å². The molecule has 2 rings (SSSR count). The van der Waals surface area contributed by atoms with E-state index < -0.39 is 17.6 Å². The summed E-state index contributed by atoms with van der Waals surface area (Å²) in [5.41, 5.74) is 5.26. The fraction of sp³-hybridized carbons (Fsp3) is 0.188. The van der Waals surface area contributed by atoms with E-state index >= 15 is 0 Å². The number of alkyl halides is 3. The van der Waals surface area contributed by atoms with Crippen molar-refractivity contribution in [3.63, 3.8) is 0 Å². The molecule has 0 unspecified atom stereocenters. The Balaban J connectivity index is 2.85. The van der Waals surface area contributed by atoms with Gasteiger partial charge in [0.1, 0.15) is 0 Å². The van der Waals surface area contributed by atoms with Crippen molar-refractivity contribution in [2.75, 3.05) is 0 Å². The van der Waals surface area contributed by atoms with Crippen molar-refractivity contribution < 1.29 is 18.0 Å². The monoisotopic (exact) mass is 293 g/mol. The molecule has 2 nitrogen and oxygen atoms in total. The van der Waals surface area contributed by atoms with Crippen LogP contribution < -0.4 is 5.73 Å². The van der Waals surface area contributed by atoms with Crippen LogP contribution in [0.1, 0.15) is 28.4 Å². The van der Waals surface area contributed by atoms with Crippen LogP contribution in [0, 0.1) is 0 Å². The number of aryl methyl sites for hydroxylation is 1. The van der Waals surface area contributed by atoms with Crippen molar-refractivity contribution in [1.82, 2.24) is 0 Å². The smallest absolute Gasteiger partial charge is 0.366 e. The highest BCUT2D eigenvalue weighted by Gasteiger charge is 2.35. The lowest BCUT2D eigenvalue weighted by molar-refractivity contribution is -0.137. The molecular weight excluding hydrogens is 279 g/mol. The highest BCUT2D eigenvalue weighted by Crippen LogP contribution is 2.40. The van der Waals surface area contributed by atoms with Crippen LogP contribution in [-0.2, 0) is 12.6 Å². The summed E-state index contributed by atoms with van der Waals surface area (Å²) in [6, 6.07) is 10.2. The van der Waals surface area contributed by atoms with Gasteiger partial charge in [-0.2, -0.15) is 13.2 Å². The van der Waals surface area contributed by atoms with Gasteiger partial charge < -0.3 is 5.73 Å². The molecule has 0 heterocycles. The second kappa shape index (κ2) is 5.60. The summed E-state index contributed by atoms with van der Waals surface area (Å²) in [4.78, 5) is 11.5. The number of primary amides is 1. The Morgan fingerprint density at radius 2 is 1.76 bits per heavy atom. The van der Waals surface area contributed by atoms with E-state index in [0.717, 1.165) is 11.6 Å². The van der Waals surface area contributed by atoms with E-state index in [9.17, 15) is 18.0 Å². The largest absolute Gasteiger partial charge is 0.417 e. The topological polar surface area (TPSA) is 43.1 Å². The molecule has 0 radical (unpaired) electrons. The first kappa shape index (κ1) is 15.1. The molecule has 2 aromatic carbocycles. The Labute approximate surface area is 120 Å². The molecule has 0 saturated carbocycles. The van der Waals surface area contributed by atoms with E-state index in [2.05, 4.69) is 0 Å². The van der Waals surface area contributed by atoms with Gasteiger partial charge in [0.2, 0.25) is 5.91 Å². The van der Waals surface area contributed by atoms with Crippen molar-refractivity contribution in [2.45, 2.75) is 19.5 Å². The molecule has 21 heavy (non-hydrogen) atoms. The summed E-state index contributed by atoms with van der Waals surface area (Å²) < 4.78 is 39.8. The van der Waals surface area contributed by atoms with E-state index in [4.69, 9.17) is 5.73 Å². The predicted molar refractivity (Wildman–Crippen MR) is 74.8 cm³/mol. The summed E-state index contributed by atoms with van der Waals surface area (Å²) in [5.74, 6) is -0.873. The Hall–Kier alpha value is -2.30. The zero-order valence-corrected chi connectivity index (χ0v) is 11.4. The third-order valence-corrected chi connectivity index (χ3v) is 3.30. The number of hydrogen-bond acceptors (Lipinski definition) is 1. The first-order valence-electron chi connectivity index (χ1n) is 6.44. The van der Waals surface area contributed by atoms with Gasteiger partial charge >= 0.3 is 6.18 Å². The van der Waals surface area contributed by atoms with Gasteiger partial charge in [0.05, 0.1) is 5.56 Å². The van der Waals surface area contributed by atoms with Crippen LogP contribution >= 0.6 is 0 Å². The van der Waals surface area contributed by atoms with Crippen molar-refractivity contribution in [1.29, 1.82) is 0 Å². The van der Waals surface area contributed by atoms with Gasteiger partial charge in [-0.05, 0) is 29.7 Å². The van der Waals surface area contributed by atoms with E-state index in [1.807, 2.05) is 6.92 Å². The number of nitrogens with two attached hydrogens (primary N) is 1. The molecule has 0 aliphatic heterocycles. The second-order valence-electron chi connectivity index (χ2n) is 4.60. The van der Waals surface area contributed by atoms with E-state index in [-0.39, 0.29) is 11.1 Å². The van der Waals surface area contributed by atoms with Crippen LogP contribution in [0.15, 0.2) is 42.5 Å². The van der Waals surface area contributed by atoms with Gasteiger partial charge in [-0.25, -0.2) is 0 Å². The lowest BCUT2D eigenvalue weighted by Gasteiger charge is -2.18. The second-order valence-corrected chi connectivity index (χ2v) is 4.60.